The molecule has 2 fully saturated rings. The van der Waals surface area contributed by atoms with Gasteiger partial charge in [0.25, 0.3) is 0 Å². The van der Waals surface area contributed by atoms with Crippen LogP contribution in [0.25, 0.3) is 0 Å². The van der Waals surface area contributed by atoms with Gasteiger partial charge in [-0.25, -0.2) is 0 Å². The molecule has 0 amide bonds. The molecule has 1 unspecified atom stereocenters. The number of rotatable bonds is 3. The second kappa shape index (κ2) is 2.98. The zero-order chi connectivity index (χ0) is 8.60. The molecule has 2 rings (SSSR count). The molecule has 0 aromatic heterocycles. The Bertz CT molecular complexity index is 166. The Morgan fingerprint density at radius 2 is 2.17 bits per heavy atom. The van der Waals surface area contributed by atoms with Gasteiger partial charge in [-0.3, -0.25) is 0 Å². The van der Waals surface area contributed by atoms with Gasteiger partial charge in [0.1, 0.15) is 0 Å². The standard InChI is InChI=1S/C9H17NO2/c1-9(2)11-6-8(12-9)5-10-7-3-4-7/h7-8,10H,3-6H2,1-2H3. The van der Waals surface area contributed by atoms with E-state index in [2.05, 4.69) is 5.32 Å². The summed E-state index contributed by atoms with van der Waals surface area (Å²) in [4.78, 5) is 0. The first-order valence-corrected chi connectivity index (χ1v) is 4.71. The van der Waals surface area contributed by atoms with Crippen LogP contribution in [-0.4, -0.2) is 31.1 Å². The zero-order valence-electron chi connectivity index (χ0n) is 7.80. The fourth-order valence-electron chi connectivity index (χ4n) is 1.45. The van der Waals surface area contributed by atoms with E-state index >= 15 is 0 Å². The van der Waals surface area contributed by atoms with E-state index in [1.54, 1.807) is 0 Å². The Hall–Kier alpha value is -0.120. The van der Waals surface area contributed by atoms with E-state index < -0.39 is 0 Å². The summed E-state index contributed by atoms with van der Waals surface area (Å²) >= 11 is 0. The molecule has 3 nitrogen and oxygen atoms in total. The van der Waals surface area contributed by atoms with E-state index in [1.807, 2.05) is 13.8 Å². The second-order valence-corrected chi connectivity index (χ2v) is 4.13. The Kier molecular flexibility index (Phi) is 2.10. The summed E-state index contributed by atoms with van der Waals surface area (Å²) in [5, 5.41) is 3.43. The predicted molar refractivity (Wildman–Crippen MR) is 45.9 cm³/mol. The average molecular weight is 171 g/mol. The van der Waals surface area contributed by atoms with Crippen molar-refractivity contribution in [2.75, 3.05) is 13.2 Å². The van der Waals surface area contributed by atoms with Crippen molar-refractivity contribution in [1.82, 2.24) is 5.32 Å². The molecule has 1 heterocycles. The molecular weight excluding hydrogens is 154 g/mol. The monoisotopic (exact) mass is 171 g/mol. The first-order valence-electron chi connectivity index (χ1n) is 4.71. The largest absolute Gasteiger partial charge is 0.348 e. The highest BCUT2D eigenvalue weighted by Crippen LogP contribution is 2.23. The van der Waals surface area contributed by atoms with Crippen LogP contribution in [-0.2, 0) is 9.47 Å². The van der Waals surface area contributed by atoms with Crippen molar-refractivity contribution in [1.29, 1.82) is 0 Å². The van der Waals surface area contributed by atoms with Crippen LogP contribution in [0.15, 0.2) is 0 Å². The van der Waals surface area contributed by atoms with Gasteiger partial charge < -0.3 is 14.8 Å². The minimum Gasteiger partial charge on any atom is -0.348 e. The molecule has 0 radical (unpaired) electrons. The first kappa shape index (κ1) is 8.48. The highest BCUT2D eigenvalue weighted by atomic mass is 16.7. The molecule has 1 saturated heterocycles. The van der Waals surface area contributed by atoms with Crippen molar-refractivity contribution in [2.24, 2.45) is 0 Å². The smallest absolute Gasteiger partial charge is 0.163 e. The van der Waals surface area contributed by atoms with Crippen LogP contribution in [0.5, 0.6) is 0 Å². The lowest BCUT2D eigenvalue weighted by Crippen LogP contribution is -2.31. The Morgan fingerprint density at radius 3 is 2.67 bits per heavy atom. The van der Waals surface area contributed by atoms with Crippen molar-refractivity contribution in [3.05, 3.63) is 0 Å². The highest BCUT2D eigenvalue weighted by Gasteiger charge is 2.33. The van der Waals surface area contributed by atoms with Gasteiger partial charge in [-0.1, -0.05) is 0 Å². The molecule has 1 atom stereocenters. The lowest BCUT2D eigenvalue weighted by molar-refractivity contribution is -0.137. The molecule has 0 spiro atoms. The molecule has 12 heavy (non-hydrogen) atoms. The zero-order valence-corrected chi connectivity index (χ0v) is 7.80. The van der Waals surface area contributed by atoms with Gasteiger partial charge in [-0.15, -0.1) is 0 Å². The van der Waals surface area contributed by atoms with E-state index in [0.29, 0.717) is 0 Å². The summed E-state index contributed by atoms with van der Waals surface area (Å²) in [6, 6.07) is 0.761. The number of hydrogen-bond acceptors (Lipinski definition) is 3. The van der Waals surface area contributed by atoms with Crippen LogP contribution in [0.3, 0.4) is 0 Å². The van der Waals surface area contributed by atoms with Gasteiger partial charge in [0.2, 0.25) is 0 Å². The molecule has 1 saturated carbocycles. The SMILES string of the molecule is CC1(C)OCC(CNC2CC2)O1. The average Bonchev–Trinajstić information content (AvgIpc) is 2.74. The molecule has 70 valence electrons. The summed E-state index contributed by atoms with van der Waals surface area (Å²) in [6.45, 7) is 5.59. The lowest BCUT2D eigenvalue weighted by Gasteiger charge is -2.17. The first-order chi connectivity index (χ1) is 5.66. The number of ether oxygens (including phenoxy) is 2. The summed E-state index contributed by atoms with van der Waals surface area (Å²) < 4.78 is 11.1. The summed E-state index contributed by atoms with van der Waals surface area (Å²) in [5.74, 6) is -0.365. The maximum atomic E-state index is 5.64. The summed E-state index contributed by atoms with van der Waals surface area (Å²) in [7, 11) is 0. The predicted octanol–water partition coefficient (Wildman–Crippen LogP) is 0.890. The van der Waals surface area contributed by atoms with Gasteiger partial charge in [-0.05, 0) is 26.7 Å². The minimum absolute atomic E-state index is 0.251. The summed E-state index contributed by atoms with van der Waals surface area (Å²) in [6.07, 6.45) is 2.91. The van der Waals surface area contributed by atoms with Gasteiger partial charge in [0, 0.05) is 12.6 Å². The quantitative estimate of drug-likeness (QED) is 0.684. The number of hydrogen-bond donors (Lipinski definition) is 1. The molecule has 3 heteroatoms. The second-order valence-electron chi connectivity index (χ2n) is 4.13. The van der Waals surface area contributed by atoms with E-state index in [4.69, 9.17) is 9.47 Å². The van der Waals surface area contributed by atoms with Crippen LogP contribution in [0.4, 0.5) is 0 Å². The van der Waals surface area contributed by atoms with E-state index in [0.717, 1.165) is 19.2 Å². The molecule has 1 aliphatic heterocycles. The fourth-order valence-corrected chi connectivity index (χ4v) is 1.45. The van der Waals surface area contributed by atoms with Gasteiger partial charge in [0.05, 0.1) is 12.7 Å². The third-order valence-corrected chi connectivity index (χ3v) is 2.28. The van der Waals surface area contributed by atoms with Gasteiger partial charge in [-0.2, -0.15) is 0 Å². The lowest BCUT2D eigenvalue weighted by atomic mass is 10.3. The van der Waals surface area contributed by atoms with Crippen molar-refractivity contribution < 1.29 is 9.47 Å². The van der Waals surface area contributed by atoms with Crippen molar-refractivity contribution in [2.45, 2.75) is 44.6 Å². The Balaban J connectivity index is 1.68. The summed E-state index contributed by atoms with van der Waals surface area (Å²) in [5.41, 5.74) is 0. The molecule has 0 aromatic carbocycles. The van der Waals surface area contributed by atoms with Crippen molar-refractivity contribution >= 4 is 0 Å². The molecular formula is C9H17NO2. The normalized spacial score (nSPS) is 34.0. The van der Waals surface area contributed by atoms with Crippen LogP contribution in [0.1, 0.15) is 26.7 Å². The van der Waals surface area contributed by atoms with Gasteiger partial charge in [0.15, 0.2) is 5.79 Å². The topological polar surface area (TPSA) is 30.5 Å². The van der Waals surface area contributed by atoms with Crippen LogP contribution < -0.4 is 5.32 Å². The molecule has 0 bridgehead atoms. The number of nitrogens with one attached hydrogen (secondary N) is 1. The van der Waals surface area contributed by atoms with Gasteiger partial charge >= 0.3 is 0 Å². The molecule has 1 aliphatic carbocycles. The van der Waals surface area contributed by atoms with Crippen LogP contribution in [0.2, 0.25) is 0 Å². The van der Waals surface area contributed by atoms with E-state index in [-0.39, 0.29) is 11.9 Å². The minimum atomic E-state index is -0.365. The van der Waals surface area contributed by atoms with E-state index in [9.17, 15) is 0 Å². The molecule has 0 aromatic rings. The highest BCUT2D eigenvalue weighted by molar-refractivity contribution is 4.83. The van der Waals surface area contributed by atoms with Crippen LogP contribution >= 0.6 is 0 Å². The van der Waals surface area contributed by atoms with Crippen LogP contribution in [0, 0.1) is 0 Å². The van der Waals surface area contributed by atoms with Crippen molar-refractivity contribution in [3.8, 4) is 0 Å². The maximum Gasteiger partial charge on any atom is 0.163 e. The fraction of sp³-hybridized carbons (Fsp3) is 1.00. The third-order valence-electron chi connectivity index (χ3n) is 2.28. The molecule has 2 aliphatic rings. The Labute approximate surface area is 73.4 Å². The Morgan fingerprint density at radius 1 is 1.42 bits per heavy atom. The maximum absolute atomic E-state index is 5.64. The van der Waals surface area contributed by atoms with Crippen molar-refractivity contribution in [3.63, 3.8) is 0 Å². The molecule has 1 N–H and O–H groups in total. The third kappa shape index (κ3) is 2.19. The van der Waals surface area contributed by atoms with E-state index in [1.165, 1.54) is 12.8 Å².